The first-order chi connectivity index (χ1) is 9.11. The average Bonchev–Trinajstić information content (AvgIpc) is 2.38. The lowest BCUT2D eigenvalue weighted by atomic mass is 10.1. The predicted molar refractivity (Wildman–Crippen MR) is 81.5 cm³/mol. The maximum atomic E-state index is 11.4. The molecular formula is C14H20BrN3O. The summed E-state index contributed by atoms with van der Waals surface area (Å²) in [6.45, 7) is 7.21. The number of carbonyl (C=O) groups is 1. The van der Waals surface area contributed by atoms with Gasteiger partial charge in [0.25, 0.3) is 0 Å². The van der Waals surface area contributed by atoms with Crippen LogP contribution in [0.1, 0.15) is 25.5 Å². The SMILES string of the molecule is CCNC(C)c1ccc(N2CCNC(=O)C2)cc1Br. The number of carbonyl (C=O) groups excluding carboxylic acids is 1. The quantitative estimate of drug-likeness (QED) is 0.890. The molecule has 1 amide bonds. The zero-order chi connectivity index (χ0) is 13.8. The number of piperazine rings is 1. The number of benzene rings is 1. The minimum absolute atomic E-state index is 0.0902. The average molecular weight is 326 g/mol. The van der Waals surface area contributed by atoms with Crippen molar-refractivity contribution in [2.45, 2.75) is 19.9 Å². The Labute approximate surface area is 122 Å². The van der Waals surface area contributed by atoms with Crippen molar-refractivity contribution in [3.8, 4) is 0 Å². The van der Waals surface area contributed by atoms with Crippen LogP contribution in [0.15, 0.2) is 22.7 Å². The van der Waals surface area contributed by atoms with Gasteiger partial charge in [0.15, 0.2) is 0 Å². The molecule has 1 aliphatic heterocycles. The lowest BCUT2D eigenvalue weighted by molar-refractivity contribution is -0.120. The molecule has 1 fully saturated rings. The van der Waals surface area contributed by atoms with E-state index < -0.39 is 0 Å². The lowest BCUT2D eigenvalue weighted by Crippen LogP contribution is -2.47. The molecule has 0 aromatic heterocycles. The van der Waals surface area contributed by atoms with Crippen LogP contribution in [0.4, 0.5) is 5.69 Å². The van der Waals surface area contributed by atoms with Crippen LogP contribution in [0, 0.1) is 0 Å². The third-order valence-corrected chi connectivity index (χ3v) is 4.05. The van der Waals surface area contributed by atoms with Crippen molar-refractivity contribution < 1.29 is 4.79 Å². The monoisotopic (exact) mass is 325 g/mol. The molecule has 2 rings (SSSR count). The Kier molecular flexibility index (Phi) is 4.82. The van der Waals surface area contributed by atoms with Crippen molar-refractivity contribution in [2.75, 3.05) is 31.1 Å². The van der Waals surface area contributed by atoms with Crippen LogP contribution in [-0.4, -0.2) is 32.1 Å². The van der Waals surface area contributed by atoms with E-state index in [4.69, 9.17) is 0 Å². The number of nitrogens with zero attached hydrogens (tertiary/aromatic N) is 1. The number of amides is 1. The summed E-state index contributed by atoms with van der Waals surface area (Å²) in [6.07, 6.45) is 0. The molecule has 2 N–H and O–H groups in total. The molecule has 1 atom stereocenters. The molecule has 1 aliphatic rings. The van der Waals surface area contributed by atoms with E-state index in [1.165, 1.54) is 5.56 Å². The Hall–Kier alpha value is -1.07. The van der Waals surface area contributed by atoms with Gasteiger partial charge < -0.3 is 15.5 Å². The molecule has 1 heterocycles. The van der Waals surface area contributed by atoms with E-state index in [9.17, 15) is 4.79 Å². The summed E-state index contributed by atoms with van der Waals surface area (Å²) in [4.78, 5) is 13.5. The van der Waals surface area contributed by atoms with Gasteiger partial charge in [-0.1, -0.05) is 28.9 Å². The molecule has 0 spiro atoms. The normalized spacial score (nSPS) is 17.2. The number of rotatable bonds is 4. The maximum Gasteiger partial charge on any atom is 0.239 e. The van der Waals surface area contributed by atoms with E-state index in [2.05, 4.69) is 63.5 Å². The Morgan fingerprint density at radius 2 is 2.32 bits per heavy atom. The highest BCUT2D eigenvalue weighted by Gasteiger charge is 2.17. The molecule has 1 unspecified atom stereocenters. The van der Waals surface area contributed by atoms with E-state index in [0.29, 0.717) is 19.1 Å². The van der Waals surface area contributed by atoms with Gasteiger partial charge in [-0.3, -0.25) is 4.79 Å². The van der Waals surface area contributed by atoms with Crippen molar-refractivity contribution >= 4 is 27.5 Å². The minimum atomic E-state index is 0.0902. The largest absolute Gasteiger partial charge is 0.360 e. The standard InChI is InChI=1S/C14H20BrN3O/c1-3-16-10(2)12-5-4-11(8-13(12)15)18-7-6-17-14(19)9-18/h4-5,8,10,16H,3,6-7,9H2,1-2H3,(H,17,19). The van der Waals surface area contributed by atoms with Crippen LogP contribution < -0.4 is 15.5 Å². The smallest absolute Gasteiger partial charge is 0.239 e. The first kappa shape index (κ1) is 14.3. The van der Waals surface area contributed by atoms with Gasteiger partial charge in [0.05, 0.1) is 6.54 Å². The van der Waals surface area contributed by atoms with E-state index in [1.807, 2.05) is 0 Å². The van der Waals surface area contributed by atoms with Crippen LogP contribution in [0.5, 0.6) is 0 Å². The van der Waals surface area contributed by atoms with Gasteiger partial charge in [0.1, 0.15) is 0 Å². The first-order valence-electron chi connectivity index (χ1n) is 6.66. The number of nitrogens with one attached hydrogen (secondary N) is 2. The number of hydrogen-bond donors (Lipinski definition) is 2. The Morgan fingerprint density at radius 1 is 1.53 bits per heavy atom. The second kappa shape index (κ2) is 6.39. The molecule has 5 heteroatoms. The Balaban J connectivity index is 2.16. The number of hydrogen-bond acceptors (Lipinski definition) is 3. The fourth-order valence-electron chi connectivity index (χ4n) is 2.34. The zero-order valence-corrected chi connectivity index (χ0v) is 13.0. The van der Waals surface area contributed by atoms with Gasteiger partial charge in [0, 0.05) is 29.3 Å². The van der Waals surface area contributed by atoms with Gasteiger partial charge in [0.2, 0.25) is 5.91 Å². The molecule has 104 valence electrons. The van der Waals surface area contributed by atoms with E-state index in [1.54, 1.807) is 0 Å². The highest BCUT2D eigenvalue weighted by Crippen LogP contribution is 2.28. The molecular weight excluding hydrogens is 306 g/mol. The predicted octanol–water partition coefficient (Wildman–Crippen LogP) is 2.06. The van der Waals surface area contributed by atoms with E-state index in [-0.39, 0.29) is 5.91 Å². The summed E-state index contributed by atoms with van der Waals surface area (Å²) in [6, 6.07) is 6.63. The summed E-state index contributed by atoms with van der Waals surface area (Å²) in [5, 5.41) is 6.24. The second-order valence-corrected chi connectivity index (χ2v) is 5.61. The summed E-state index contributed by atoms with van der Waals surface area (Å²) in [5.74, 6) is 0.0902. The van der Waals surface area contributed by atoms with Crippen LogP contribution >= 0.6 is 15.9 Å². The summed E-state index contributed by atoms with van der Waals surface area (Å²) < 4.78 is 1.09. The van der Waals surface area contributed by atoms with Crippen molar-refractivity contribution in [1.29, 1.82) is 0 Å². The van der Waals surface area contributed by atoms with Gasteiger partial charge in [-0.25, -0.2) is 0 Å². The molecule has 0 bridgehead atoms. The molecule has 4 nitrogen and oxygen atoms in total. The van der Waals surface area contributed by atoms with Gasteiger partial charge in [-0.05, 0) is 31.2 Å². The van der Waals surface area contributed by atoms with Gasteiger partial charge in [-0.2, -0.15) is 0 Å². The van der Waals surface area contributed by atoms with Gasteiger partial charge >= 0.3 is 0 Å². The zero-order valence-electron chi connectivity index (χ0n) is 11.4. The Morgan fingerprint density at radius 3 is 2.95 bits per heavy atom. The lowest BCUT2D eigenvalue weighted by Gasteiger charge is -2.29. The van der Waals surface area contributed by atoms with Crippen molar-refractivity contribution in [3.05, 3.63) is 28.2 Å². The highest BCUT2D eigenvalue weighted by atomic mass is 79.9. The molecule has 19 heavy (non-hydrogen) atoms. The molecule has 0 aliphatic carbocycles. The fraction of sp³-hybridized carbons (Fsp3) is 0.500. The highest BCUT2D eigenvalue weighted by molar-refractivity contribution is 9.10. The van der Waals surface area contributed by atoms with Crippen LogP contribution in [0.3, 0.4) is 0 Å². The molecule has 1 aromatic carbocycles. The maximum absolute atomic E-state index is 11.4. The topological polar surface area (TPSA) is 44.4 Å². The molecule has 0 radical (unpaired) electrons. The number of anilines is 1. The van der Waals surface area contributed by atoms with Crippen LogP contribution in [0.2, 0.25) is 0 Å². The fourth-order valence-corrected chi connectivity index (χ4v) is 3.05. The Bertz CT molecular complexity index is 464. The molecule has 1 saturated heterocycles. The van der Waals surface area contributed by atoms with E-state index >= 15 is 0 Å². The summed E-state index contributed by atoms with van der Waals surface area (Å²) >= 11 is 3.63. The van der Waals surface area contributed by atoms with Crippen LogP contribution in [0.25, 0.3) is 0 Å². The second-order valence-electron chi connectivity index (χ2n) is 4.76. The first-order valence-corrected chi connectivity index (χ1v) is 7.45. The van der Waals surface area contributed by atoms with Crippen molar-refractivity contribution in [3.63, 3.8) is 0 Å². The molecule has 0 saturated carbocycles. The molecule has 1 aromatic rings. The van der Waals surface area contributed by atoms with Gasteiger partial charge in [-0.15, -0.1) is 0 Å². The third-order valence-electron chi connectivity index (χ3n) is 3.36. The minimum Gasteiger partial charge on any atom is -0.360 e. The van der Waals surface area contributed by atoms with Crippen LogP contribution in [-0.2, 0) is 4.79 Å². The number of halogens is 1. The third kappa shape index (κ3) is 3.48. The summed E-state index contributed by atoms with van der Waals surface area (Å²) in [5.41, 5.74) is 2.33. The van der Waals surface area contributed by atoms with Crippen molar-refractivity contribution in [1.82, 2.24) is 10.6 Å². The summed E-state index contributed by atoms with van der Waals surface area (Å²) in [7, 11) is 0. The van der Waals surface area contributed by atoms with Crippen molar-refractivity contribution in [2.24, 2.45) is 0 Å². The van der Waals surface area contributed by atoms with E-state index in [0.717, 1.165) is 23.2 Å².